The Labute approximate surface area is 69.4 Å². The van der Waals surface area contributed by atoms with Crippen molar-refractivity contribution in [2.45, 2.75) is 24.4 Å². The van der Waals surface area contributed by atoms with E-state index in [1.54, 1.807) is 0 Å². The molecule has 0 saturated carbocycles. The first-order chi connectivity index (χ1) is 5.16. The first-order valence-electron chi connectivity index (χ1n) is 3.28. The zero-order valence-electron chi connectivity index (χ0n) is 5.75. The molecule has 0 aliphatic carbocycles. The Hall–Kier alpha value is -0.0700. The molecule has 0 aromatic rings. The molecule has 64 valence electrons. The maximum atomic E-state index is 9.17. The zero-order valence-corrected chi connectivity index (χ0v) is 6.57. The summed E-state index contributed by atoms with van der Waals surface area (Å²) >= 11 is 4.54. The first-order valence-corrected chi connectivity index (χ1v) is 3.75. The molecule has 3 N–H and O–H groups in total. The number of hydrogen-bond acceptors (Lipinski definition) is 5. The highest BCUT2D eigenvalue weighted by Crippen LogP contribution is 2.13. The van der Waals surface area contributed by atoms with Gasteiger partial charge in [0.25, 0.3) is 0 Å². The second-order valence-electron chi connectivity index (χ2n) is 2.48. The molecule has 1 rings (SSSR count). The third kappa shape index (κ3) is 1.74. The van der Waals surface area contributed by atoms with E-state index in [-0.39, 0.29) is 6.61 Å². The molecular weight excluding hydrogens is 168 g/mol. The Morgan fingerprint density at radius 2 is 1.91 bits per heavy atom. The summed E-state index contributed by atoms with van der Waals surface area (Å²) in [5, 5.41) is 28.5. The van der Waals surface area contributed by atoms with Gasteiger partial charge in [-0.25, -0.2) is 0 Å². The van der Waals surface area contributed by atoms with E-state index in [9.17, 15) is 5.11 Å². The van der Waals surface area contributed by atoms with Crippen molar-refractivity contribution >= 4 is 17.6 Å². The third-order valence-electron chi connectivity index (χ3n) is 1.67. The van der Waals surface area contributed by atoms with E-state index in [4.69, 9.17) is 14.9 Å². The molecule has 0 bridgehead atoms. The lowest BCUT2D eigenvalue weighted by Crippen LogP contribution is -2.53. The fourth-order valence-corrected chi connectivity index (χ4v) is 1.19. The molecular formula is C6H10O4S. The summed E-state index contributed by atoms with van der Waals surface area (Å²) in [6.45, 7) is 0.00995. The van der Waals surface area contributed by atoms with Crippen molar-refractivity contribution in [3.63, 3.8) is 0 Å². The van der Waals surface area contributed by atoms with E-state index in [0.717, 1.165) is 0 Å². The van der Waals surface area contributed by atoms with Crippen LogP contribution >= 0.6 is 12.2 Å². The van der Waals surface area contributed by atoms with Gasteiger partial charge in [0.1, 0.15) is 24.4 Å². The van der Waals surface area contributed by atoms with Crippen molar-refractivity contribution in [1.29, 1.82) is 0 Å². The number of rotatable bonds is 1. The van der Waals surface area contributed by atoms with Gasteiger partial charge < -0.3 is 20.1 Å². The van der Waals surface area contributed by atoms with Crippen LogP contribution < -0.4 is 0 Å². The molecule has 11 heavy (non-hydrogen) atoms. The minimum absolute atomic E-state index is 0.00995. The van der Waals surface area contributed by atoms with E-state index in [1.807, 2.05) is 0 Å². The van der Waals surface area contributed by atoms with E-state index in [0.29, 0.717) is 0 Å². The number of thiocarbonyl (C=S) groups is 1. The van der Waals surface area contributed by atoms with Crippen molar-refractivity contribution in [3.05, 3.63) is 0 Å². The van der Waals surface area contributed by atoms with Gasteiger partial charge in [0, 0.05) is 5.37 Å². The quantitative estimate of drug-likeness (QED) is 0.425. The van der Waals surface area contributed by atoms with Crippen molar-refractivity contribution < 1.29 is 20.1 Å². The smallest absolute Gasteiger partial charge is 0.114 e. The fourth-order valence-electron chi connectivity index (χ4n) is 0.949. The lowest BCUT2D eigenvalue weighted by molar-refractivity contribution is -0.166. The molecule has 1 saturated heterocycles. The molecule has 4 atom stereocenters. The van der Waals surface area contributed by atoms with Crippen LogP contribution in [0, 0.1) is 0 Å². The van der Waals surface area contributed by atoms with Crippen LogP contribution in [0.3, 0.4) is 0 Å². The molecule has 0 unspecified atom stereocenters. The van der Waals surface area contributed by atoms with Crippen LogP contribution in [0.4, 0.5) is 0 Å². The Balaban J connectivity index is 2.58. The van der Waals surface area contributed by atoms with Gasteiger partial charge in [-0.15, -0.1) is 0 Å². The monoisotopic (exact) mass is 178 g/mol. The molecule has 0 aromatic carbocycles. The van der Waals surface area contributed by atoms with Crippen LogP contribution in [0.2, 0.25) is 0 Å². The highest BCUT2D eigenvalue weighted by molar-refractivity contribution is 7.79. The van der Waals surface area contributed by atoms with Crippen LogP contribution in [-0.2, 0) is 4.74 Å². The number of hydrogen-bond donors (Lipinski definition) is 3. The Morgan fingerprint density at radius 1 is 1.27 bits per heavy atom. The minimum atomic E-state index is -1.16. The summed E-state index contributed by atoms with van der Waals surface area (Å²) in [5.41, 5.74) is 0. The van der Waals surface area contributed by atoms with Gasteiger partial charge in [-0.05, 0) is 0 Å². The Kier molecular flexibility index (Phi) is 2.91. The van der Waals surface area contributed by atoms with Gasteiger partial charge in [-0.3, -0.25) is 0 Å². The summed E-state index contributed by atoms with van der Waals surface area (Å²) in [6, 6.07) is 0. The molecule has 1 aliphatic rings. The normalized spacial score (nSPS) is 45.4. The van der Waals surface area contributed by atoms with Crippen molar-refractivity contribution in [2.75, 3.05) is 6.61 Å². The van der Waals surface area contributed by atoms with Crippen LogP contribution in [0.1, 0.15) is 0 Å². The van der Waals surface area contributed by atoms with Gasteiger partial charge in [0.2, 0.25) is 0 Å². The minimum Gasteiger partial charge on any atom is -0.388 e. The fraction of sp³-hybridized carbons (Fsp3) is 0.833. The SMILES string of the molecule is O[C@H]1[C@H](O)[C@@H](C=S)OC[C@@H]1O. The largest absolute Gasteiger partial charge is 0.388 e. The van der Waals surface area contributed by atoms with Crippen LogP contribution in [0.5, 0.6) is 0 Å². The van der Waals surface area contributed by atoms with Gasteiger partial charge in [0.05, 0.1) is 6.61 Å². The Morgan fingerprint density at radius 3 is 2.45 bits per heavy atom. The van der Waals surface area contributed by atoms with E-state index < -0.39 is 24.4 Å². The molecule has 1 aliphatic heterocycles. The summed E-state index contributed by atoms with van der Waals surface area (Å²) in [6.07, 6.45) is -3.94. The Bertz CT molecular complexity index is 152. The average Bonchev–Trinajstić information content (AvgIpc) is 2.01. The molecule has 1 heterocycles. The third-order valence-corrected chi connectivity index (χ3v) is 1.94. The maximum Gasteiger partial charge on any atom is 0.114 e. The molecule has 0 spiro atoms. The zero-order chi connectivity index (χ0) is 8.43. The standard InChI is InChI=1S/C6H10O4S/c7-3-1-10-4(2-11)6(9)5(3)8/h2-9H,1H2/t3-,4+,5+,6+/m0/s1. The summed E-state index contributed by atoms with van der Waals surface area (Å²) in [5.74, 6) is 0. The second kappa shape index (κ2) is 3.55. The molecule has 5 heteroatoms. The van der Waals surface area contributed by atoms with Gasteiger partial charge >= 0.3 is 0 Å². The van der Waals surface area contributed by atoms with Crippen molar-refractivity contribution in [3.8, 4) is 0 Å². The predicted molar refractivity (Wildman–Crippen MR) is 41.4 cm³/mol. The topological polar surface area (TPSA) is 69.9 Å². The van der Waals surface area contributed by atoms with Crippen molar-refractivity contribution in [2.24, 2.45) is 0 Å². The summed E-state index contributed by atoms with van der Waals surface area (Å²) in [4.78, 5) is 0. The van der Waals surface area contributed by atoms with Gasteiger partial charge in [-0.2, -0.15) is 0 Å². The second-order valence-corrected chi connectivity index (χ2v) is 2.75. The first kappa shape index (κ1) is 9.02. The van der Waals surface area contributed by atoms with Crippen LogP contribution in [0.25, 0.3) is 0 Å². The molecule has 4 nitrogen and oxygen atoms in total. The lowest BCUT2D eigenvalue weighted by Gasteiger charge is -2.33. The number of aliphatic hydroxyl groups excluding tert-OH is 3. The molecule has 0 aromatic heterocycles. The van der Waals surface area contributed by atoms with Crippen LogP contribution in [0.15, 0.2) is 0 Å². The van der Waals surface area contributed by atoms with Gasteiger partial charge in [0.15, 0.2) is 0 Å². The highest BCUT2D eigenvalue weighted by Gasteiger charge is 2.35. The lowest BCUT2D eigenvalue weighted by atomic mass is 10.0. The molecule has 0 amide bonds. The van der Waals surface area contributed by atoms with E-state index in [1.165, 1.54) is 5.37 Å². The van der Waals surface area contributed by atoms with Crippen LogP contribution in [-0.4, -0.2) is 51.7 Å². The van der Waals surface area contributed by atoms with Crippen molar-refractivity contribution in [1.82, 2.24) is 0 Å². The average molecular weight is 178 g/mol. The predicted octanol–water partition coefficient (Wildman–Crippen LogP) is -1.53. The van der Waals surface area contributed by atoms with E-state index in [2.05, 4.69) is 12.2 Å². The molecule has 0 radical (unpaired) electrons. The highest BCUT2D eigenvalue weighted by atomic mass is 32.1. The summed E-state index contributed by atoms with van der Waals surface area (Å²) < 4.78 is 4.90. The number of aliphatic hydroxyl groups is 3. The molecule has 1 fully saturated rings. The van der Waals surface area contributed by atoms with Gasteiger partial charge in [-0.1, -0.05) is 12.2 Å². The summed E-state index contributed by atoms with van der Waals surface area (Å²) in [7, 11) is 0. The van der Waals surface area contributed by atoms with E-state index >= 15 is 0 Å². The maximum absolute atomic E-state index is 9.17. The number of ether oxygens (including phenoxy) is 1.